The van der Waals surface area contributed by atoms with Crippen molar-refractivity contribution in [1.29, 1.82) is 0 Å². The van der Waals surface area contributed by atoms with E-state index < -0.39 is 0 Å². The Balaban J connectivity index is 1.97. The van der Waals surface area contributed by atoms with Gasteiger partial charge in [0.05, 0.1) is 6.54 Å². The number of hydrogen-bond acceptors (Lipinski definition) is 3. The van der Waals surface area contributed by atoms with Gasteiger partial charge in [0.2, 0.25) is 5.91 Å². The maximum absolute atomic E-state index is 11.8. The van der Waals surface area contributed by atoms with Crippen molar-refractivity contribution >= 4 is 11.7 Å². The maximum Gasteiger partial charge on any atom is 0.236 e. The summed E-state index contributed by atoms with van der Waals surface area (Å²) < 4.78 is 0. The number of hydrogen-bond donors (Lipinski definition) is 0. The van der Waals surface area contributed by atoms with E-state index in [0.29, 0.717) is 18.4 Å². The van der Waals surface area contributed by atoms with Crippen molar-refractivity contribution in [2.45, 2.75) is 38.1 Å². The lowest BCUT2D eigenvalue weighted by molar-refractivity contribution is -0.131. The van der Waals surface area contributed by atoms with Gasteiger partial charge in [-0.2, -0.15) is 0 Å². The zero-order valence-electron chi connectivity index (χ0n) is 10.8. The summed E-state index contributed by atoms with van der Waals surface area (Å²) in [6, 6.07) is 0.328. The van der Waals surface area contributed by atoms with Gasteiger partial charge in [-0.25, -0.2) is 0 Å². The third kappa shape index (κ3) is 2.68. The van der Waals surface area contributed by atoms with E-state index in [2.05, 4.69) is 4.90 Å². The van der Waals surface area contributed by atoms with E-state index >= 15 is 0 Å². The Kier molecular flexibility index (Phi) is 3.82. The number of rotatable bonds is 3. The van der Waals surface area contributed by atoms with Crippen molar-refractivity contribution in [3.8, 4) is 0 Å². The molecule has 1 aliphatic carbocycles. The smallest absolute Gasteiger partial charge is 0.236 e. The van der Waals surface area contributed by atoms with Gasteiger partial charge >= 0.3 is 0 Å². The third-order valence-corrected chi connectivity index (χ3v) is 4.07. The van der Waals surface area contributed by atoms with Gasteiger partial charge in [0.15, 0.2) is 0 Å². The molecule has 0 aromatic carbocycles. The highest BCUT2D eigenvalue weighted by Crippen LogP contribution is 2.33. The number of ketones is 1. The standard InChI is InChI=1S/C13H22N2O2/c1-14(2)13(17)9-15-8-4-6-11(15)10-5-3-7-12(10)16/h10-11H,3-9H2,1-2H3. The molecular weight excluding hydrogens is 216 g/mol. The van der Waals surface area contributed by atoms with Gasteiger partial charge < -0.3 is 4.90 Å². The summed E-state index contributed by atoms with van der Waals surface area (Å²) in [5, 5.41) is 0. The Bertz CT molecular complexity index is 315. The Morgan fingerprint density at radius 3 is 2.71 bits per heavy atom. The van der Waals surface area contributed by atoms with Crippen LogP contribution >= 0.6 is 0 Å². The molecule has 2 atom stereocenters. The van der Waals surface area contributed by atoms with Crippen LogP contribution in [0.2, 0.25) is 0 Å². The Labute approximate surface area is 103 Å². The molecule has 2 fully saturated rings. The fourth-order valence-electron chi connectivity index (χ4n) is 3.07. The van der Waals surface area contributed by atoms with Crippen LogP contribution in [-0.4, -0.2) is 54.7 Å². The van der Waals surface area contributed by atoms with E-state index in [1.165, 1.54) is 0 Å². The first-order chi connectivity index (χ1) is 8.09. The summed E-state index contributed by atoms with van der Waals surface area (Å²) in [6.07, 6.45) is 5.01. The van der Waals surface area contributed by atoms with Crippen LogP contribution < -0.4 is 0 Å². The van der Waals surface area contributed by atoms with E-state index in [1.807, 2.05) is 0 Å². The lowest BCUT2D eigenvalue weighted by atomic mass is 9.95. The molecule has 1 heterocycles. The van der Waals surface area contributed by atoms with E-state index in [0.717, 1.165) is 38.6 Å². The van der Waals surface area contributed by atoms with Crippen molar-refractivity contribution in [2.24, 2.45) is 5.92 Å². The molecule has 0 bridgehead atoms. The molecule has 1 aliphatic heterocycles. The van der Waals surface area contributed by atoms with E-state index in [-0.39, 0.29) is 11.8 Å². The summed E-state index contributed by atoms with van der Waals surface area (Å²) in [5.41, 5.74) is 0. The van der Waals surface area contributed by atoms with Crippen LogP contribution in [0.5, 0.6) is 0 Å². The Morgan fingerprint density at radius 1 is 1.35 bits per heavy atom. The topological polar surface area (TPSA) is 40.6 Å². The minimum absolute atomic E-state index is 0.141. The summed E-state index contributed by atoms with van der Waals surface area (Å²) in [4.78, 5) is 27.4. The number of likely N-dealkylation sites (N-methyl/N-ethyl adjacent to an activating group) is 1. The largest absolute Gasteiger partial charge is 0.348 e. The first-order valence-electron chi connectivity index (χ1n) is 6.56. The first-order valence-corrected chi connectivity index (χ1v) is 6.56. The van der Waals surface area contributed by atoms with Gasteiger partial charge in [0, 0.05) is 32.5 Å². The van der Waals surface area contributed by atoms with Crippen LogP contribution in [0.25, 0.3) is 0 Å². The number of likely N-dealkylation sites (tertiary alicyclic amines) is 1. The van der Waals surface area contributed by atoms with Crippen LogP contribution in [0, 0.1) is 5.92 Å². The molecule has 0 N–H and O–H groups in total. The van der Waals surface area contributed by atoms with Gasteiger partial charge in [-0.1, -0.05) is 0 Å². The summed E-state index contributed by atoms with van der Waals surface area (Å²) in [7, 11) is 3.57. The molecule has 0 aromatic rings. The molecule has 0 radical (unpaired) electrons. The summed E-state index contributed by atoms with van der Waals surface area (Å²) in [6.45, 7) is 1.44. The van der Waals surface area contributed by atoms with E-state index in [9.17, 15) is 9.59 Å². The average molecular weight is 238 g/mol. The second-order valence-electron chi connectivity index (χ2n) is 5.43. The Morgan fingerprint density at radius 2 is 2.12 bits per heavy atom. The number of amides is 1. The van der Waals surface area contributed by atoms with Crippen LogP contribution in [0.3, 0.4) is 0 Å². The molecule has 17 heavy (non-hydrogen) atoms. The zero-order valence-corrected chi connectivity index (χ0v) is 10.8. The minimum atomic E-state index is 0.141. The highest BCUT2D eigenvalue weighted by atomic mass is 16.2. The van der Waals surface area contributed by atoms with Crippen LogP contribution in [0.4, 0.5) is 0 Å². The van der Waals surface area contributed by atoms with Crippen molar-refractivity contribution in [3.63, 3.8) is 0 Å². The third-order valence-electron chi connectivity index (χ3n) is 4.07. The predicted molar refractivity (Wildman–Crippen MR) is 65.6 cm³/mol. The predicted octanol–water partition coefficient (Wildman–Crippen LogP) is 0.908. The van der Waals surface area contributed by atoms with Gasteiger partial charge in [-0.3, -0.25) is 14.5 Å². The molecular formula is C13H22N2O2. The molecule has 1 saturated heterocycles. The molecule has 2 rings (SSSR count). The quantitative estimate of drug-likeness (QED) is 0.734. The van der Waals surface area contributed by atoms with E-state index in [1.54, 1.807) is 19.0 Å². The molecule has 96 valence electrons. The minimum Gasteiger partial charge on any atom is -0.348 e. The number of carbonyl (C=O) groups is 2. The molecule has 0 aromatic heterocycles. The van der Waals surface area contributed by atoms with Crippen LogP contribution in [0.15, 0.2) is 0 Å². The van der Waals surface area contributed by atoms with Gasteiger partial charge in [0.25, 0.3) is 0 Å². The highest BCUT2D eigenvalue weighted by molar-refractivity contribution is 5.84. The summed E-state index contributed by atoms with van der Waals surface area (Å²) >= 11 is 0. The summed E-state index contributed by atoms with van der Waals surface area (Å²) in [5.74, 6) is 0.758. The lowest BCUT2D eigenvalue weighted by Gasteiger charge is -2.28. The Hall–Kier alpha value is -0.900. The van der Waals surface area contributed by atoms with Crippen molar-refractivity contribution in [2.75, 3.05) is 27.2 Å². The molecule has 2 aliphatic rings. The molecule has 0 spiro atoms. The maximum atomic E-state index is 11.8. The average Bonchev–Trinajstić information content (AvgIpc) is 2.86. The molecule has 1 amide bonds. The SMILES string of the molecule is CN(C)C(=O)CN1CCCC1C1CCCC1=O. The monoisotopic (exact) mass is 238 g/mol. The number of carbonyl (C=O) groups excluding carboxylic acids is 2. The highest BCUT2D eigenvalue weighted by Gasteiger charge is 2.38. The van der Waals surface area contributed by atoms with Gasteiger partial charge in [0.1, 0.15) is 5.78 Å². The van der Waals surface area contributed by atoms with Crippen LogP contribution in [0.1, 0.15) is 32.1 Å². The van der Waals surface area contributed by atoms with Crippen molar-refractivity contribution in [3.05, 3.63) is 0 Å². The first kappa shape index (κ1) is 12.6. The molecule has 4 heteroatoms. The van der Waals surface area contributed by atoms with E-state index in [4.69, 9.17) is 0 Å². The second kappa shape index (κ2) is 5.17. The zero-order chi connectivity index (χ0) is 12.4. The van der Waals surface area contributed by atoms with Gasteiger partial charge in [-0.05, 0) is 32.2 Å². The number of Topliss-reactive ketones (excluding diaryl/α,β-unsaturated/α-hetero) is 1. The van der Waals surface area contributed by atoms with Gasteiger partial charge in [-0.15, -0.1) is 0 Å². The molecule has 2 unspecified atom stereocenters. The number of nitrogens with zero attached hydrogens (tertiary/aromatic N) is 2. The fourth-order valence-corrected chi connectivity index (χ4v) is 3.07. The normalized spacial score (nSPS) is 29.9. The van der Waals surface area contributed by atoms with Crippen LogP contribution in [-0.2, 0) is 9.59 Å². The second-order valence-corrected chi connectivity index (χ2v) is 5.43. The lowest BCUT2D eigenvalue weighted by Crippen LogP contribution is -2.43. The molecule has 4 nitrogen and oxygen atoms in total. The van der Waals surface area contributed by atoms with Crippen molar-refractivity contribution in [1.82, 2.24) is 9.80 Å². The van der Waals surface area contributed by atoms with Crippen molar-refractivity contribution < 1.29 is 9.59 Å². The molecule has 1 saturated carbocycles. The fraction of sp³-hybridized carbons (Fsp3) is 0.846.